The molecule has 2 rings (SSSR count). The minimum absolute atomic E-state index is 0.0682. The fourth-order valence-corrected chi connectivity index (χ4v) is 3.74. The number of hydrogen-bond donors (Lipinski definition) is 3. The number of anilines is 1. The number of allylic oxidation sites excluding steroid dienone is 1. The average molecular weight is 446 g/mol. The molecule has 0 spiro atoms. The number of carbonyl (C=O) groups is 2. The maximum absolute atomic E-state index is 12.6. The fraction of sp³-hybridized carbons (Fsp3) is 0.190. The summed E-state index contributed by atoms with van der Waals surface area (Å²) in [5, 5.41) is 17.5. The van der Waals surface area contributed by atoms with Crippen molar-refractivity contribution in [2.45, 2.75) is 18.7 Å². The Morgan fingerprint density at radius 3 is 2.29 bits per heavy atom. The summed E-state index contributed by atoms with van der Waals surface area (Å²) in [4.78, 5) is 23.6. The molecule has 0 radical (unpaired) electrons. The molecule has 31 heavy (non-hydrogen) atoms. The van der Waals surface area contributed by atoms with Crippen LogP contribution in [0, 0.1) is 5.41 Å². The quantitative estimate of drug-likeness (QED) is 0.232. The molecule has 0 saturated heterocycles. The first kappa shape index (κ1) is 23.6. The van der Waals surface area contributed by atoms with E-state index in [4.69, 9.17) is 14.9 Å². The van der Waals surface area contributed by atoms with Gasteiger partial charge in [-0.15, -0.1) is 0 Å². The lowest BCUT2D eigenvalue weighted by Crippen LogP contribution is -2.16. The molecule has 0 saturated carbocycles. The minimum Gasteiger partial charge on any atom is -0.508 e. The zero-order valence-corrected chi connectivity index (χ0v) is 17.9. The Hall–Kier alpha value is -3.66. The summed E-state index contributed by atoms with van der Waals surface area (Å²) >= 11 is 0. The molecule has 164 valence electrons. The van der Waals surface area contributed by atoms with E-state index in [0.717, 1.165) is 6.07 Å². The highest BCUT2D eigenvalue weighted by molar-refractivity contribution is 7.92. The summed E-state index contributed by atoms with van der Waals surface area (Å²) in [6, 6.07) is 11.4. The van der Waals surface area contributed by atoms with Crippen molar-refractivity contribution < 1.29 is 32.6 Å². The van der Waals surface area contributed by atoms with Gasteiger partial charge in [0.25, 0.3) is 10.0 Å². The molecule has 0 aliphatic carbocycles. The number of Topliss-reactive ketones (excluding diaryl/α,β-unsaturated/α-hetero) is 1. The first-order valence-corrected chi connectivity index (χ1v) is 10.5. The molecule has 0 heterocycles. The molecule has 2 aromatic rings. The molecule has 0 amide bonds. The van der Waals surface area contributed by atoms with Gasteiger partial charge >= 0.3 is 5.97 Å². The number of benzene rings is 2. The fourth-order valence-electron chi connectivity index (χ4n) is 2.64. The molecule has 0 bridgehead atoms. The second kappa shape index (κ2) is 9.90. The number of aliphatic hydroxyl groups is 1. The summed E-state index contributed by atoms with van der Waals surface area (Å²) in [6.07, 6.45) is 0. The molecule has 2 aromatic carbocycles. The molecule has 0 aliphatic rings. The van der Waals surface area contributed by atoms with Crippen LogP contribution in [0.5, 0.6) is 5.75 Å². The van der Waals surface area contributed by atoms with E-state index in [2.05, 4.69) is 4.72 Å². The maximum atomic E-state index is 12.6. The zero-order chi connectivity index (χ0) is 23.2. The van der Waals surface area contributed by atoms with Crippen LogP contribution in [0.3, 0.4) is 0 Å². The van der Waals surface area contributed by atoms with Gasteiger partial charge in [0, 0.05) is 11.4 Å². The third-order valence-electron chi connectivity index (χ3n) is 4.08. The smallest absolute Gasteiger partial charge is 0.338 e. The van der Waals surface area contributed by atoms with Gasteiger partial charge in [-0.3, -0.25) is 9.52 Å². The van der Waals surface area contributed by atoms with Crippen molar-refractivity contribution in [1.82, 2.24) is 0 Å². The largest absolute Gasteiger partial charge is 0.508 e. The van der Waals surface area contributed by atoms with Crippen molar-refractivity contribution in [3.8, 4) is 5.75 Å². The molecule has 3 N–H and O–H groups in total. The van der Waals surface area contributed by atoms with Gasteiger partial charge in [-0.05, 0) is 56.3 Å². The number of aliphatic hydroxyl groups excluding tert-OH is 1. The number of esters is 1. The molecule has 9 nitrogen and oxygen atoms in total. The number of hydrogen-bond acceptors (Lipinski definition) is 8. The Kier molecular flexibility index (Phi) is 7.54. The van der Waals surface area contributed by atoms with Crippen LogP contribution in [0.15, 0.2) is 64.8 Å². The molecule has 0 atom stereocenters. The van der Waals surface area contributed by atoms with Crippen LogP contribution in [-0.2, 0) is 19.6 Å². The van der Waals surface area contributed by atoms with Crippen LogP contribution in [0.1, 0.15) is 24.2 Å². The predicted octanol–water partition coefficient (Wildman–Crippen LogP) is 3.09. The van der Waals surface area contributed by atoms with Gasteiger partial charge in [0.1, 0.15) is 18.1 Å². The van der Waals surface area contributed by atoms with E-state index >= 15 is 0 Å². The SMILES string of the molecule is COc1ccc(NS(=O)(=O)c2cccc(C(=O)OC/C(O)=C(\C(C)=N)C(C)=O)c2)cc1. The van der Waals surface area contributed by atoms with Gasteiger partial charge < -0.3 is 20.0 Å². The number of sulfonamides is 1. The van der Waals surface area contributed by atoms with E-state index in [9.17, 15) is 23.1 Å². The lowest BCUT2D eigenvalue weighted by Gasteiger charge is -2.11. The Labute approximate surface area is 179 Å². The van der Waals surface area contributed by atoms with Crippen molar-refractivity contribution in [1.29, 1.82) is 5.41 Å². The van der Waals surface area contributed by atoms with Gasteiger partial charge in [-0.25, -0.2) is 13.2 Å². The normalized spacial score (nSPS) is 11.8. The van der Waals surface area contributed by atoms with Crippen molar-refractivity contribution in [3.63, 3.8) is 0 Å². The van der Waals surface area contributed by atoms with E-state index in [1.807, 2.05) is 0 Å². The zero-order valence-electron chi connectivity index (χ0n) is 17.1. The molecular formula is C21H22N2O7S. The Bertz CT molecular complexity index is 1120. The number of rotatable bonds is 9. The lowest BCUT2D eigenvalue weighted by atomic mass is 10.1. The molecule has 0 fully saturated rings. The van der Waals surface area contributed by atoms with E-state index in [0.29, 0.717) is 11.4 Å². The number of ether oxygens (including phenoxy) is 2. The minimum atomic E-state index is -3.99. The van der Waals surface area contributed by atoms with Crippen LogP contribution in [0.2, 0.25) is 0 Å². The van der Waals surface area contributed by atoms with Crippen molar-refractivity contribution >= 4 is 33.2 Å². The van der Waals surface area contributed by atoms with Gasteiger partial charge in [0.2, 0.25) is 0 Å². The maximum Gasteiger partial charge on any atom is 0.338 e. The van der Waals surface area contributed by atoms with Crippen LogP contribution >= 0.6 is 0 Å². The summed E-state index contributed by atoms with van der Waals surface area (Å²) in [5.74, 6) is -1.44. The van der Waals surface area contributed by atoms with Crippen molar-refractivity contribution in [2.24, 2.45) is 0 Å². The van der Waals surface area contributed by atoms with E-state index in [1.165, 1.54) is 51.3 Å². The lowest BCUT2D eigenvalue weighted by molar-refractivity contribution is -0.113. The van der Waals surface area contributed by atoms with Gasteiger partial charge in [-0.2, -0.15) is 0 Å². The van der Waals surface area contributed by atoms with E-state index in [1.54, 1.807) is 12.1 Å². The van der Waals surface area contributed by atoms with Crippen LogP contribution in [0.4, 0.5) is 5.69 Å². The summed E-state index contributed by atoms with van der Waals surface area (Å²) < 4.78 is 37.6. The van der Waals surface area contributed by atoms with Crippen LogP contribution in [-0.4, -0.2) is 44.7 Å². The highest BCUT2D eigenvalue weighted by Crippen LogP contribution is 2.20. The predicted molar refractivity (Wildman–Crippen MR) is 114 cm³/mol. The van der Waals surface area contributed by atoms with E-state index < -0.39 is 34.1 Å². The number of ketones is 1. The third kappa shape index (κ3) is 6.16. The van der Waals surface area contributed by atoms with Crippen LogP contribution in [0.25, 0.3) is 0 Å². The molecular weight excluding hydrogens is 424 g/mol. The summed E-state index contributed by atoms with van der Waals surface area (Å²) in [7, 11) is -2.49. The second-order valence-corrected chi connectivity index (χ2v) is 8.12. The molecule has 10 heteroatoms. The topological polar surface area (TPSA) is 143 Å². The number of nitrogens with one attached hydrogen (secondary N) is 2. The standard InChI is InChI=1S/C21H22N2O7S/c1-13(22)20(14(2)24)19(25)12-30-21(26)15-5-4-6-18(11-15)31(27,28)23-16-7-9-17(29-3)10-8-16/h4-11,22-23,25H,12H2,1-3H3/b20-19-,22-13?. The highest BCUT2D eigenvalue weighted by atomic mass is 32.2. The summed E-state index contributed by atoms with van der Waals surface area (Å²) in [5.41, 5.74) is -0.171. The monoisotopic (exact) mass is 446 g/mol. The number of methoxy groups -OCH3 is 1. The first-order valence-electron chi connectivity index (χ1n) is 8.97. The van der Waals surface area contributed by atoms with Gasteiger partial charge in [-0.1, -0.05) is 6.07 Å². The Morgan fingerprint density at radius 1 is 1.10 bits per heavy atom. The first-order chi connectivity index (χ1) is 14.5. The second-order valence-electron chi connectivity index (χ2n) is 6.44. The summed E-state index contributed by atoms with van der Waals surface area (Å²) in [6.45, 7) is 1.86. The van der Waals surface area contributed by atoms with E-state index in [-0.39, 0.29) is 21.7 Å². The van der Waals surface area contributed by atoms with Gasteiger partial charge in [0.05, 0.1) is 23.1 Å². The van der Waals surface area contributed by atoms with Crippen LogP contribution < -0.4 is 9.46 Å². The third-order valence-corrected chi connectivity index (χ3v) is 5.46. The van der Waals surface area contributed by atoms with Gasteiger partial charge in [0.15, 0.2) is 5.78 Å². The average Bonchev–Trinajstić information content (AvgIpc) is 2.72. The van der Waals surface area contributed by atoms with Crippen molar-refractivity contribution in [2.75, 3.05) is 18.4 Å². The highest BCUT2D eigenvalue weighted by Gasteiger charge is 2.19. The molecule has 0 aliphatic heterocycles. The molecule has 0 aromatic heterocycles. The van der Waals surface area contributed by atoms with Crippen molar-refractivity contribution in [3.05, 3.63) is 65.4 Å². The number of carbonyl (C=O) groups excluding carboxylic acids is 2. The molecule has 0 unspecified atom stereocenters. The Morgan fingerprint density at radius 2 is 1.74 bits per heavy atom. The Balaban J connectivity index is 2.18.